The Labute approximate surface area is 169 Å². The first kappa shape index (κ1) is 18.4. The third-order valence-electron chi connectivity index (χ3n) is 3.90. The summed E-state index contributed by atoms with van der Waals surface area (Å²) in [7, 11) is 1.80. The maximum Gasteiger partial charge on any atom is 0.261 e. The van der Waals surface area contributed by atoms with Crippen molar-refractivity contribution in [2.45, 2.75) is 11.5 Å². The van der Waals surface area contributed by atoms with Gasteiger partial charge in [-0.2, -0.15) is 15.1 Å². The first-order chi connectivity index (χ1) is 13.6. The molecule has 0 fully saturated rings. The Hall–Kier alpha value is -2.95. The number of benzene rings is 1. The molecule has 0 aliphatic carbocycles. The second kappa shape index (κ2) is 7.97. The highest BCUT2D eigenvalue weighted by Gasteiger charge is 2.18. The number of nitrogens with two attached hydrogens (primary N) is 1. The maximum absolute atomic E-state index is 5.78. The quantitative estimate of drug-likeness (QED) is 0.374. The summed E-state index contributed by atoms with van der Waals surface area (Å²) in [6.07, 6.45) is 3.17. The largest absolute Gasteiger partial charge is 0.471 e. The number of nitrogens with zero attached hydrogens (tertiary/aromatic N) is 6. The van der Waals surface area contributed by atoms with Gasteiger partial charge in [-0.05, 0) is 35.7 Å². The standard InChI is InChI=1S/C17H14ClN7O2S/c1-25-13(9-26-14-5-6-20-17(18)22-14)12(8-21-25)16-23-15(24-27-16)10-3-2-4-11(7-10)28-19/h2-8H,9,19H2,1H3. The molecular weight excluding hydrogens is 402 g/mol. The van der Waals surface area contributed by atoms with E-state index in [0.29, 0.717) is 23.2 Å². The number of rotatable bonds is 6. The minimum atomic E-state index is 0.113. The van der Waals surface area contributed by atoms with Crippen molar-refractivity contribution in [2.24, 2.45) is 12.2 Å². The molecule has 0 aliphatic heterocycles. The van der Waals surface area contributed by atoms with Crippen molar-refractivity contribution >= 4 is 23.5 Å². The van der Waals surface area contributed by atoms with Crippen molar-refractivity contribution < 1.29 is 9.26 Å². The van der Waals surface area contributed by atoms with Crippen molar-refractivity contribution in [2.75, 3.05) is 0 Å². The van der Waals surface area contributed by atoms with Crippen LogP contribution in [0.1, 0.15) is 5.69 Å². The number of ether oxygens (including phenoxy) is 1. The summed E-state index contributed by atoms with van der Waals surface area (Å²) in [6, 6.07) is 9.20. The molecule has 9 nitrogen and oxygen atoms in total. The molecule has 0 radical (unpaired) electrons. The summed E-state index contributed by atoms with van der Waals surface area (Å²) in [5.41, 5.74) is 2.23. The zero-order valence-electron chi connectivity index (χ0n) is 14.6. The van der Waals surface area contributed by atoms with Gasteiger partial charge in [0.05, 0.1) is 17.5 Å². The second-order valence-corrected chi connectivity index (χ2v) is 6.70. The first-order valence-corrected chi connectivity index (χ1v) is 9.33. The minimum absolute atomic E-state index is 0.113. The van der Waals surface area contributed by atoms with Crippen LogP contribution in [0, 0.1) is 0 Å². The van der Waals surface area contributed by atoms with E-state index in [1.807, 2.05) is 24.3 Å². The second-order valence-electron chi connectivity index (χ2n) is 5.65. The van der Waals surface area contributed by atoms with Crippen molar-refractivity contribution in [3.8, 4) is 28.7 Å². The molecule has 0 saturated heterocycles. The lowest BCUT2D eigenvalue weighted by Gasteiger charge is -2.06. The van der Waals surface area contributed by atoms with Crippen LogP contribution in [0.3, 0.4) is 0 Å². The lowest BCUT2D eigenvalue weighted by atomic mass is 10.2. The number of aryl methyl sites for hydroxylation is 1. The van der Waals surface area contributed by atoms with Gasteiger partial charge in [0.15, 0.2) is 0 Å². The molecule has 4 aromatic rings. The molecule has 0 amide bonds. The van der Waals surface area contributed by atoms with Crippen LogP contribution in [-0.4, -0.2) is 29.9 Å². The molecule has 1 aromatic carbocycles. The van der Waals surface area contributed by atoms with Crippen LogP contribution in [0.25, 0.3) is 22.8 Å². The van der Waals surface area contributed by atoms with Gasteiger partial charge < -0.3 is 9.26 Å². The van der Waals surface area contributed by atoms with E-state index in [1.165, 1.54) is 6.20 Å². The summed E-state index contributed by atoms with van der Waals surface area (Å²) in [4.78, 5) is 13.2. The molecule has 3 aromatic heterocycles. The molecular formula is C17H14ClN7O2S. The van der Waals surface area contributed by atoms with Gasteiger partial charge in [0.1, 0.15) is 6.61 Å². The molecule has 0 atom stereocenters. The molecule has 2 N–H and O–H groups in total. The van der Waals surface area contributed by atoms with Crippen molar-refractivity contribution in [3.05, 3.63) is 53.7 Å². The minimum Gasteiger partial charge on any atom is -0.471 e. The average molecular weight is 416 g/mol. The molecule has 0 bridgehead atoms. The summed E-state index contributed by atoms with van der Waals surface area (Å²) in [5, 5.41) is 14.1. The molecule has 0 unspecified atom stereocenters. The van der Waals surface area contributed by atoms with Gasteiger partial charge in [-0.3, -0.25) is 9.82 Å². The summed E-state index contributed by atoms with van der Waals surface area (Å²) >= 11 is 6.94. The van der Waals surface area contributed by atoms with E-state index in [-0.39, 0.29) is 11.9 Å². The molecule has 0 spiro atoms. The van der Waals surface area contributed by atoms with Crippen LogP contribution in [0.5, 0.6) is 5.88 Å². The molecule has 28 heavy (non-hydrogen) atoms. The zero-order chi connectivity index (χ0) is 19.5. The van der Waals surface area contributed by atoms with Crippen LogP contribution in [0.4, 0.5) is 0 Å². The van der Waals surface area contributed by atoms with Gasteiger partial charge in [0.2, 0.25) is 17.0 Å². The van der Waals surface area contributed by atoms with E-state index < -0.39 is 0 Å². The predicted octanol–water partition coefficient (Wildman–Crippen LogP) is 3.13. The van der Waals surface area contributed by atoms with Crippen molar-refractivity contribution in [1.29, 1.82) is 0 Å². The monoisotopic (exact) mass is 415 g/mol. The maximum atomic E-state index is 5.78. The Morgan fingerprint density at radius 1 is 1.29 bits per heavy atom. The predicted molar refractivity (Wildman–Crippen MR) is 103 cm³/mol. The number of aromatic nitrogens is 6. The Balaban J connectivity index is 1.59. The molecule has 4 rings (SSSR count). The van der Waals surface area contributed by atoms with E-state index in [1.54, 1.807) is 24.0 Å². The van der Waals surface area contributed by atoms with Gasteiger partial charge in [-0.25, -0.2) is 4.98 Å². The molecule has 0 aliphatic rings. The van der Waals surface area contributed by atoms with E-state index in [4.69, 9.17) is 26.0 Å². The fourth-order valence-corrected chi connectivity index (χ4v) is 3.01. The summed E-state index contributed by atoms with van der Waals surface area (Å²) in [5.74, 6) is 1.16. The van der Waals surface area contributed by atoms with Crippen LogP contribution < -0.4 is 9.88 Å². The lowest BCUT2D eigenvalue weighted by molar-refractivity contribution is 0.283. The fourth-order valence-electron chi connectivity index (χ4n) is 2.51. The number of hydrogen-bond donors (Lipinski definition) is 1. The highest BCUT2D eigenvalue weighted by atomic mass is 35.5. The molecule has 3 heterocycles. The van der Waals surface area contributed by atoms with Crippen molar-refractivity contribution in [3.63, 3.8) is 0 Å². The van der Waals surface area contributed by atoms with Gasteiger partial charge in [-0.15, -0.1) is 0 Å². The SMILES string of the molecule is Cn1ncc(-c2nc(-c3cccc(SN)c3)no2)c1COc1ccnc(Cl)n1. The van der Waals surface area contributed by atoms with Gasteiger partial charge in [0.25, 0.3) is 5.89 Å². The number of halogens is 1. The Morgan fingerprint density at radius 2 is 2.18 bits per heavy atom. The smallest absolute Gasteiger partial charge is 0.261 e. The Kier molecular flexibility index (Phi) is 5.24. The summed E-state index contributed by atoms with van der Waals surface area (Å²) in [6.45, 7) is 0.191. The number of hydrogen-bond acceptors (Lipinski definition) is 9. The van der Waals surface area contributed by atoms with Crippen molar-refractivity contribution in [1.82, 2.24) is 29.9 Å². The van der Waals surface area contributed by atoms with Crippen LogP contribution in [0.15, 0.2) is 52.1 Å². The van der Waals surface area contributed by atoms with Gasteiger partial charge in [0, 0.05) is 29.8 Å². The normalized spacial score (nSPS) is 11.0. The van der Waals surface area contributed by atoms with E-state index in [0.717, 1.165) is 28.1 Å². The fraction of sp³-hybridized carbons (Fsp3) is 0.118. The summed E-state index contributed by atoms with van der Waals surface area (Å²) < 4.78 is 12.8. The Bertz CT molecular complexity index is 1110. The third kappa shape index (κ3) is 3.84. The average Bonchev–Trinajstić information content (AvgIpc) is 3.33. The van der Waals surface area contributed by atoms with Gasteiger partial charge >= 0.3 is 0 Å². The van der Waals surface area contributed by atoms with E-state index >= 15 is 0 Å². The van der Waals surface area contributed by atoms with Gasteiger partial charge in [-0.1, -0.05) is 17.3 Å². The van der Waals surface area contributed by atoms with Crippen LogP contribution >= 0.6 is 23.5 Å². The van der Waals surface area contributed by atoms with Crippen LogP contribution in [0.2, 0.25) is 5.28 Å². The highest BCUT2D eigenvalue weighted by Crippen LogP contribution is 2.27. The molecule has 0 saturated carbocycles. The highest BCUT2D eigenvalue weighted by molar-refractivity contribution is 7.97. The topological polar surface area (TPSA) is 118 Å². The first-order valence-electron chi connectivity index (χ1n) is 8.07. The van der Waals surface area contributed by atoms with Crippen LogP contribution in [-0.2, 0) is 13.7 Å². The molecule has 142 valence electrons. The zero-order valence-corrected chi connectivity index (χ0v) is 16.2. The van der Waals surface area contributed by atoms with E-state index in [9.17, 15) is 0 Å². The molecule has 11 heteroatoms. The van der Waals surface area contributed by atoms with E-state index in [2.05, 4.69) is 25.2 Å². The third-order valence-corrected chi connectivity index (χ3v) is 4.61. The Morgan fingerprint density at radius 3 is 3.00 bits per heavy atom. The lowest BCUT2D eigenvalue weighted by Crippen LogP contribution is -2.05.